The fourth-order valence-corrected chi connectivity index (χ4v) is 5.74. The maximum absolute atomic E-state index is 13.7. The second kappa shape index (κ2) is 9.65. The van der Waals surface area contributed by atoms with Crippen LogP contribution in [-0.2, 0) is 11.3 Å². The van der Waals surface area contributed by atoms with Crippen LogP contribution in [0.1, 0.15) is 34.5 Å². The Hall–Kier alpha value is -3.09. The first-order valence-electron chi connectivity index (χ1n) is 11.5. The zero-order valence-corrected chi connectivity index (χ0v) is 20.5. The van der Waals surface area contributed by atoms with E-state index in [9.17, 15) is 9.59 Å². The highest BCUT2D eigenvalue weighted by molar-refractivity contribution is 7.16. The van der Waals surface area contributed by atoms with Crippen molar-refractivity contribution in [2.24, 2.45) is 5.92 Å². The molecule has 0 unspecified atom stereocenters. The van der Waals surface area contributed by atoms with Crippen LogP contribution in [0.25, 0.3) is 10.2 Å². The third-order valence-corrected chi connectivity index (χ3v) is 7.50. The SMILES string of the molecule is Cc1cccc(NC(=O)[C@H]2CCCN(C(=O)c3cc4ccsc4n3Cc3cccc(Cl)c3)C2)c1. The predicted molar refractivity (Wildman–Crippen MR) is 139 cm³/mol. The maximum Gasteiger partial charge on any atom is 0.270 e. The summed E-state index contributed by atoms with van der Waals surface area (Å²) in [4.78, 5) is 29.5. The summed E-state index contributed by atoms with van der Waals surface area (Å²) in [5.74, 6) is -0.285. The zero-order chi connectivity index (χ0) is 23.7. The lowest BCUT2D eigenvalue weighted by atomic mass is 9.96. The smallest absolute Gasteiger partial charge is 0.270 e. The number of carbonyl (C=O) groups is 2. The summed E-state index contributed by atoms with van der Waals surface area (Å²) in [7, 11) is 0. The van der Waals surface area contributed by atoms with E-state index in [1.807, 2.05) is 77.9 Å². The molecule has 5 nitrogen and oxygen atoms in total. The normalized spacial score (nSPS) is 16.1. The average Bonchev–Trinajstić information content (AvgIpc) is 3.41. The molecule has 2 aromatic carbocycles. The van der Waals surface area contributed by atoms with E-state index >= 15 is 0 Å². The van der Waals surface area contributed by atoms with Crippen LogP contribution in [0.2, 0.25) is 5.02 Å². The van der Waals surface area contributed by atoms with Crippen molar-refractivity contribution in [1.29, 1.82) is 0 Å². The first kappa shape index (κ1) is 22.7. The Morgan fingerprint density at radius 1 is 1.12 bits per heavy atom. The van der Waals surface area contributed by atoms with Crippen molar-refractivity contribution in [3.63, 3.8) is 0 Å². The standard InChI is InChI=1S/C27H26ClN3O2S/c1-18-5-2-9-23(13-18)29-25(32)21-7-4-11-30(17-21)26(33)24-15-20-10-12-34-27(20)31(24)16-19-6-3-8-22(28)14-19/h2-3,5-6,8-10,12-15,21H,4,7,11,16-17H2,1H3,(H,29,32)/t21-/m0/s1. The molecule has 1 N–H and O–H groups in total. The number of piperidine rings is 1. The van der Waals surface area contributed by atoms with E-state index < -0.39 is 0 Å². The number of likely N-dealkylation sites (tertiary alicyclic amines) is 1. The van der Waals surface area contributed by atoms with Gasteiger partial charge in [-0.2, -0.15) is 0 Å². The molecule has 2 aromatic heterocycles. The number of hydrogen-bond acceptors (Lipinski definition) is 3. The molecule has 1 fully saturated rings. The molecule has 1 aliphatic heterocycles. The van der Waals surface area contributed by atoms with Crippen molar-refractivity contribution in [2.75, 3.05) is 18.4 Å². The Morgan fingerprint density at radius 3 is 2.79 bits per heavy atom. The summed E-state index contributed by atoms with van der Waals surface area (Å²) in [6.07, 6.45) is 1.58. The van der Waals surface area contributed by atoms with Gasteiger partial charge in [0.05, 0.1) is 5.92 Å². The molecular formula is C27H26ClN3O2S. The van der Waals surface area contributed by atoms with Gasteiger partial charge in [0.25, 0.3) is 5.91 Å². The van der Waals surface area contributed by atoms with Crippen LogP contribution in [0.5, 0.6) is 0 Å². The first-order valence-corrected chi connectivity index (χ1v) is 12.7. The van der Waals surface area contributed by atoms with Crippen molar-refractivity contribution in [1.82, 2.24) is 9.47 Å². The van der Waals surface area contributed by atoms with Gasteiger partial charge in [0, 0.05) is 35.7 Å². The molecule has 0 saturated carbocycles. The van der Waals surface area contributed by atoms with Gasteiger partial charge in [-0.15, -0.1) is 11.3 Å². The van der Waals surface area contributed by atoms with Crippen LogP contribution in [0, 0.1) is 12.8 Å². The van der Waals surface area contributed by atoms with E-state index in [2.05, 4.69) is 9.88 Å². The van der Waals surface area contributed by atoms with Gasteiger partial charge in [-0.25, -0.2) is 0 Å². The summed E-state index contributed by atoms with van der Waals surface area (Å²) in [6, 6.07) is 19.5. The minimum Gasteiger partial charge on any atom is -0.337 e. The first-order chi connectivity index (χ1) is 16.5. The summed E-state index contributed by atoms with van der Waals surface area (Å²) in [6.45, 7) is 3.65. The fraction of sp³-hybridized carbons (Fsp3) is 0.259. The lowest BCUT2D eigenvalue weighted by Crippen LogP contribution is -2.44. The predicted octanol–water partition coefficient (Wildman–Crippen LogP) is 6.20. The topological polar surface area (TPSA) is 54.3 Å². The Kier molecular flexibility index (Phi) is 6.44. The average molecular weight is 492 g/mol. The number of fused-ring (bicyclic) bond motifs is 1. The van der Waals surface area contributed by atoms with Crippen LogP contribution in [0.4, 0.5) is 5.69 Å². The lowest BCUT2D eigenvalue weighted by molar-refractivity contribution is -0.121. The van der Waals surface area contributed by atoms with Crippen molar-refractivity contribution in [3.05, 3.63) is 87.9 Å². The molecule has 0 bridgehead atoms. The molecule has 2 amide bonds. The van der Waals surface area contributed by atoms with E-state index in [0.29, 0.717) is 30.4 Å². The van der Waals surface area contributed by atoms with E-state index in [1.54, 1.807) is 11.3 Å². The number of amides is 2. The summed E-state index contributed by atoms with van der Waals surface area (Å²) >= 11 is 7.82. The quantitative estimate of drug-likeness (QED) is 0.361. The minimum atomic E-state index is -0.226. The minimum absolute atomic E-state index is 0.0292. The van der Waals surface area contributed by atoms with E-state index in [0.717, 1.165) is 39.9 Å². The van der Waals surface area contributed by atoms with Crippen molar-refractivity contribution >= 4 is 50.7 Å². The van der Waals surface area contributed by atoms with Gasteiger partial charge < -0.3 is 14.8 Å². The number of halogens is 1. The number of anilines is 1. The third kappa shape index (κ3) is 4.74. The van der Waals surface area contributed by atoms with Crippen LogP contribution < -0.4 is 5.32 Å². The number of thiophene rings is 1. The Bertz CT molecular complexity index is 1360. The molecule has 1 aliphatic rings. The van der Waals surface area contributed by atoms with Crippen LogP contribution in [0.15, 0.2) is 66.0 Å². The number of nitrogens with zero attached hydrogens (tertiary/aromatic N) is 2. The zero-order valence-electron chi connectivity index (χ0n) is 19.0. The highest BCUT2D eigenvalue weighted by atomic mass is 35.5. The molecular weight excluding hydrogens is 466 g/mol. The molecule has 0 radical (unpaired) electrons. The highest BCUT2D eigenvalue weighted by Crippen LogP contribution is 2.29. The molecule has 34 heavy (non-hydrogen) atoms. The lowest BCUT2D eigenvalue weighted by Gasteiger charge is -2.32. The molecule has 5 rings (SSSR count). The Labute approximate surface area is 208 Å². The van der Waals surface area contributed by atoms with Crippen LogP contribution >= 0.6 is 22.9 Å². The van der Waals surface area contributed by atoms with Gasteiger partial charge >= 0.3 is 0 Å². The van der Waals surface area contributed by atoms with E-state index in [-0.39, 0.29) is 17.7 Å². The summed E-state index contributed by atoms with van der Waals surface area (Å²) < 4.78 is 2.07. The molecule has 1 saturated heterocycles. The Balaban J connectivity index is 1.36. The molecule has 1 atom stereocenters. The monoisotopic (exact) mass is 491 g/mol. The van der Waals surface area contributed by atoms with E-state index in [4.69, 9.17) is 11.6 Å². The second-order valence-corrected chi connectivity index (χ2v) is 10.2. The van der Waals surface area contributed by atoms with Crippen molar-refractivity contribution in [2.45, 2.75) is 26.3 Å². The van der Waals surface area contributed by atoms with Crippen molar-refractivity contribution < 1.29 is 9.59 Å². The van der Waals surface area contributed by atoms with E-state index in [1.165, 1.54) is 0 Å². The number of benzene rings is 2. The Morgan fingerprint density at radius 2 is 1.97 bits per heavy atom. The number of rotatable bonds is 5. The molecule has 7 heteroatoms. The largest absolute Gasteiger partial charge is 0.337 e. The number of hydrogen-bond donors (Lipinski definition) is 1. The van der Waals surface area contributed by atoms with Gasteiger partial charge in [0.1, 0.15) is 10.5 Å². The van der Waals surface area contributed by atoms with Gasteiger partial charge in [-0.3, -0.25) is 9.59 Å². The van der Waals surface area contributed by atoms with Crippen molar-refractivity contribution in [3.8, 4) is 0 Å². The summed E-state index contributed by atoms with van der Waals surface area (Å²) in [5.41, 5.74) is 3.59. The molecule has 174 valence electrons. The van der Waals surface area contributed by atoms with Gasteiger partial charge in [-0.1, -0.05) is 35.9 Å². The number of aromatic nitrogens is 1. The summed E-state index contributed by atoms with van der Waals surface area (Å²) in [5, 5.41) is 6.80. The van der Waals surface area contributed by atoms with Crippen LogP contribution in [-0.4, -0.2) is 34.4 Å². The fourth-order valence-electron chi connectivity index (χ4n) is 4.63. The van der Waals surface area contributed by atoms with Crippen LogP contribution in [0.3, 0.4) is 0 Å². The van der Waals surface area contributed by atoms with Gasteiger partial charge in [0.15, 0.2) is 0 Å². The second-order valence-electron chi connectivity index (χ2n) is 8.88. The maximum atomic E-state index is 13.7. The number of nitrogens with one attached hydrogen (secondary N) is 1. The number of aryl methyl sites for hydroxylation is 1. The highest BCUT2D eigenvalue weighted by Gasteiger charge is 2.31. The molecule has 0 aliphatic carbocycles. The third-order valence-electron chi connectivity index (χ3n) is 6.32. The van der Waals surface area contributed by atoms with Gasteiger partial charge in [0.2, 0.25) is 5.91 Å². The number of carbonyl (C=O) groups excluding carboxylic acids is 2. The molecule has 3 heterocycles. The van der Waals surface area contributed by atoms with Gasteiger partial charge in [-0.05, 0) is 72.7 Å². The molecule has 0 spiro atoms. The molecule has 4 aromatic rings.